The largest absolute Gasteiger partial charge is 0.264 e. The van der Waals surface area contributed by atoms with Crippen LogP contribution in [0.1, 0.15) is 20.8 Å². The molecule has 0 aromatic rings. The minimum absolute atomic E-state index is 0.376. The van der Waals surface area contributed by atoms with E-state index in [-0.39, 0.29) is 0 Å². The first-order chi connectivity index (χ1) is 3.48. The SMILES string of the molecule is CC(C)(C)B(I)PCl. The van der Waals surface area contributed by atoms with Crippen molar-refractivity contribution >= 4 is 45.7 Å². The summed E-state index contributed by atoms with van der Waals surface area (Å²) in [6, 6.07) is 0. The van der Waals surface area contributed by atoms with Crippen LogP contribution in [0, 0.1) is 0 Å². The fraction of sp³-hybridized carbons (Fsp3) is 1.00. The molecule has 0 N–H and O–H groups in total. The summed E-state index contributed by atoms with van der Waals surface area (Å²) in [5, 5.41) is 0.376. The summed E-state index contributed by atoms with van der Waals surface area (Å²) in [6.07, 6.45) is 0. The summed E-state index contributed by atoms with van der Waals surface area (Å²) >= 11 is 8.05. The lowest BCUT2D eigenvalue weighted by Crippen LogP contribution is -2.11. The van der Waals surface area contributed by atoms with Gasteiger partial charge in [0.1, 0.15) is 0 Å². The first-order valence-corrected chi connectivity index (χ1v) is 5.82. The molecule has 0 aliphatic carbocycles. The van der Waals surface area contributed by atoms with Crippen molar-refractivity contribution in [3.63, 3.8) is 0 Å². The second-order valence-electron chi connectivity index (χ2n) is 2.84. The van der Waals surface area contributed by atoms with Gasteiger partial charge in [-0.1, -0.05) is 20.8 Å². The summed E-state index contributed by atoms with van der Waals surface area (Å²) in [5.74, 6) is 0. The Bertz CT molecular complexity index is 72.9. The van der Waals surface area contributed by atoms with Crippen LogP contribution in [-0.2, 0) is 0 Å². The van der Waals surface area contributed by atoms with E-state index >= 15 is 0 Å². The number of rotatable bonds is 1. The maximum absolute atomic E-state index is 5.66. The molecule has 0 nitrogen and oxygen atoms in total. The van der Waals surface area contributed by atoms with Crippen LogP contribution >= 0.6 is 41.4 Å². The normalized spacial score (nSPS) is 13.1. The Balaban J connectivity index is 3.62. The highest BCUT2D eigenvalue weighted by Gasteiger charge is 2.24. The molecule has 8 heavy (non-hydrogen) atoms. The topological polar surface area (TPSA) is 0 Å². The molecule has 0 aliphatic rings. The summed E-state index contributed by atoms with van der Waals surface area (Å²) < 4.78 is 0.613. The van der Waals surface area contributed by atoms with Crippen LogP contribution in [-0.4, -0.2) is 4.29 Å². The Morgan fingerprint density at radius 3 is 1.88 bits per heavy atom. The maximum Gasteiger partial charge on any atom is 0.264 e. The third-order valence-electron chi connectivity index (χ3n) is 0.856. The van der Waals surface area contributed by atoms with E-state index in [0.717, 1.165) is 0 Å². The fourth-order valence-corrected chi connectivity index (χ4v) is 1.47. The number of hydrogen-bond donors (Lipinski definition) is 0. The van der Waals surface area contributed by atoms with Gasteiger partial charge in [0.15, 0.2) is 0 Å². The first-order valence-electron chi connectivity index (χ1n) is 2.48. The van der Waals surface area contributed by atoms with Crippen molar-refractivity contribution in [3.8, 4) is 0 Å². The molecule has 0 saturated heterocycles. The molecule has 0 heterocycles. The third-order valence-corrected chi connectivity index (χ3v) is 6.48. The van der Waals surface area contributed by atoms with Gasteiger partial charge in [0, 0.05) is 0 Å². The van der Waals surface area contributed by atoms with Crippen LogP contribution in [0.3, 0.4) is 0 Å². The molecule has 0 aromatic heterocycles. The second-order valence-corrected chi connectivity index (χ2v) is 6.71. The van der Waals surface area contributed by atoms with Gasteiger partial charge in [-0.2, -0.15) is 0 Å². The molecular formula is C4H10BClIP. The Kier molecular flexibility index (Phi) is 4.31. The van der Waals surface area contributed by atoms with Crippen molar-refractivity contribution in [1.29, 1.82) is 0 Å². The Hall–Kier alpha value is 1.51. The van der Waals surface area contributed by atoms with Gasteiger partial charge in [0.05, 0.1) is 0 Å². The summed E-state index contributed by atoms with van der Waals surface area (Å²) in [4.78, 5) is 0. The molecule has 0 radical (unpaired) electrons. The van der Waals surface area contributed by atoms with Crippen molar-refractivity contribution in [1.82, 2.24) is 0 Å². The Morgan fingerprint density at radius 2 is 1.88 bits per heavy atom. The van der Waals surface area contributed by atoms with Crippen molar-refractivity contribution in [2.24, 2.45) is 0 Å². The molecule has 0 aliphatic heterocycles. The first kappa shape index (κ1) is 9.51. The summed E-state index contributed by atoms with van der Waals surface area (Å²) in [5.41, 5.74) is 0. The maximum atomic E-state index is 5.66. The van der Waals surface area contributed by atoms with Crippen LogP contribution < -0.4 is 0 Å². The minimum atomic E-state index is 0.376. The highest BCUT2D eigenvalue weighted by molar-refractivity contribution is 14.1. The molecular weight excluding hydrogens is 252 g/mol. The smallest absolute Gasteiger partial charge is 0.141 e. The predicted molar refractivity (Wildman–Crippen MR) is 53.7 cm³/mol. The van der Waals surface area contributed by atoms with Crippen LogP contribution in [0.25, 0.3) is 0 Å². The van der Waals surface area contributed by atoms with Crippen LogP contribution in [0.5, 0.6) is 0 Å². The van der Waals surface area contributed by atoms with Crippen molar-refractivity contribution in [3.05, 3.63) is 0 Å². The molecule has 0 aromatic carbocycles. The van der Waals surface area contributed by atoms with E-state index in [0.29, 0.717) is 17.4 Å². The van der Waals surface area contributed by atoms with Crippen LogP contribution in [0.15, 0.2) is 0 Å². The van der Waals surface area contributed by atoms with Gasteiger partial charge < -0.3 is 0 Å². The summed E-state index contributed by atoms with van der Waals surface area (Å²) in [7, 11) is 0.542. The Labute approximate surface area is 71.6 Å². The van der Waals surface area contributed by atoms with E-state index in [1.165, 1.54) is 0 Å². The number of halogens is 2. The molecule has 1 unspecified atom stereocenters. The molecule has 0 rings (SSSR count). The quantitative estimate of drug-likeness (QED) is 0.385. The molecule has 0 amide bonds. The molecule has 4 heteroatoms. The zero-order valence-electron chi connectivity index (χ0n) is 5.33. The zero-order chi connectivity index (χ0) is 6.78. The lowest BCUT2D eigenvalue weighted by molar-refractivity contribution is 0.762. The molecule has 0 spiro atoms. The monoisotopic (exact) mass is 262 g/mol. The molecule has 0 fully saturated rings. The van der Waals surface area contributed by atoms with Gasteiger partial charge in [-0.3, -0.25) is 0 Å². The lowest BCUT2D eigenvalue weighted by atomic mass is 9.73. The second kappa shape index (κ2) is 3.63. The molecule has 0 saturated carbocycles. The van der Waals surface area contributed by atoms with E-state index < -0.39 is 0 Å². The van der Waals surface area contributed by atoms with Gasteiger partial charge in [-0.05, 0) is 13.1 Å². The van der Waals surface area contributed by atoms with E-state index in [1.54, 1.807) is 0 Å². The highest BCUT2D eigenvalue weighted by Crippen LogP contribution is 2.42. The number of hydrogen-bond acceptors (Lipinski definition) is 0. The van der Waals surface area contributed by atoms with Crippen LogP contribution in [0.2, 0.25) is 5.31 Å². The van der Waals surface area contributed by atoms with E-state index in [1.807, 2.05) is 0 Å². The van der Waals surface area contributed by atoms with Gasteiger partial charge >= 0.3 is 0 Å². The van der Waals surface area contributed by atoms with Crippen LogP contribution in [0.4, 0.5) is 0 Å². The van der Waals surface area contributed by atoms with Crippen molar-refractivity contribution in [2.75, 3.05) is 0 Å². The lowest BCUT2D eigenvalue weighted by Gasteiger charge is -2.19. The Morgan fingerprint density at radius 1 is 1.50 bits per heavy atom. The molecule has 0 bridgehead atoms. The standard InChI is InChI=1S/C4H10BClIP/c1-4(2,3)5(7)8-6/h8H,1-3H3. The van der Waals surface area contributed by atoms with E-state index in [4.69, 9.17) is 11.2 Å². The van der Waals surface area contributed by atoms with E-state index in [2.05, 4.69) is 43.1 Å². The minimum Gasteiger partial charge on any atom is -0.141 e. The summed E-state index contributed by atoms with van der Waals surface area (Å²) in [6.45, 7) is 6.62. The van der Waals surface area contributed by atoms with Crippen molar-refractivity contribution in [2.45, 2.75) is 26.1 Å². The average molecular weight is 262 g/mol. The van der Waals surface area contributed by atoms with Gasteiger partial charge in [-0.25, -0.2) is 0 Å². The molecule has 48 valence electrons. The van der Waals surface area contributed by atoms with Gasteiger partial charge in [-0.15, -0.1) is 33.6 Å². The van der Waals surface area contributed by atoms with Gasteiger partial charge in [0.2, 0.25) is 0 Å². The van der Waals surface area contributed by atoms with Crippen molar-refractivity contribution < 1.29 is 0 Å². The fourth-order valence-electron chi connectivity index (χ4n) is 0.164. The third kappa shape index (κ3) is 3.52. The zero-order valence-corrected chi connectivity index (χ0v) is 9.25. The predicted octanol–water partition coefficient (Wildman–Crippen LogP) is 3.54. The van der Waals surface area contributed by atoms with Gasteiger partial charge in [0.25, 0.3) is 4.29 Å². The van der Waals surface area contributed by atoms with E-state index in [9.17, 15) is 0 Å². The average Bonchev–Trinajstić information content (AvgIpc) is 1.62. The highest BCUT2D eigenvalue weighted by atomic mass is 127. The molecule has 1 atom stereocenters.